The topological polar surface area (TPSA) is 66.4 Å². The van der Waals surface area contributed by atoms with E-state index in [0.29, 0.717) is 16.4 Å². The highest BCUT2D eigenvalue weighted by Crippen LogP contribution is 2.35. The summed E-state index contributed by atoms with van der Waals surface area (Å²) in [4.78, 5) is 0.359. The average molecular weight is 410 g/mol. The van der Waals surface area contributed by atoms with Gasteiger partial charge in [-0.1, -0.05) is 79.7 Å². The molecule has 1 aromatic rings. The summed E-state index contributed by atoms with van der Waals surface area (Å²) in [5, 5.41) is 9.84. The van der Waals surface area contributed by atoms with Crippen LogP contribution in [-0.4, -0.2) is 26.2 Å². The molecule has 0 bridgehead atoms. The van der Waals surface area contributed by atoms with Crippen molar-refractivity contribution in [3.63, 3.8) is 0 Å². The first-order chi connectivity index (χ1) is 12.9. The number of rotatable bonds is 10. The fraction of sp³-hybridized carbons (Fsp3) is 0.652. The predicted octanol–water partition coefficient (Wildman–Crippen LogP) is 5.30. The van der Waals surface area contributed by atoms with Crippen LogP contribution in [-0.2, 0) is 10.0 Å². The summed E-state index contributed by atoms with van der Waals surface area (Å²) in [5.41, 5.74) is 3.51. The van der Waals surface area contributed by atoms with Gasteiger partial charge in [-0.05, 0) is 46.8 Å². The van der Waals surface area contributed by atoms with Crippen molar-refractivity contribution in [3.05, 3.63) is 41.0 Å². The van der Waals surface area contributed by atoms with Crippen molar-refractivity contribution in [2.45, 2.75) is 90.5 Å². The van der Waals surface area contributed by atoms with Gasteiger partial charge in [0.25, 0.3) is 0 Å². The summed E-state index contributed by atoms with van der Waals surface area (Å²) in [6.07, 6.45) is 0.842. The van der Waals surface area contributed by atoms with Gasteiger partial charge in [-0.3, -0.25) is 0 Å². The lowest BCUT2D eigenvalue weighted by Gasteiger charge is -2.27. The molecule has 5 heteroatoms. The zero-order chi connectivity index (χ0) is 21.8. The van der Waals surface area contributed by atoms with E-state index in [9.17, 15) is 13.5 Å². The van der Waals surface area contributed by atoms with Crippen LogP contribution in [0.25, 0.3) is 0 Å². The maximum atomic E-state index is 13.5. The Bertz CT molecular complexity index is 750. The Morgan fingerprint density at radius 3 is 1.79 bits per heavy atom. The molecule has 0 spiro atoms. The van der Waals surface area contributed by atoms with Crippen LogP contribution in [0.15, 0.2) is 29.2 Å². The van der Waals surface area contributed by atoms with E-state index in [4.69, 9.17) is 0 Å². The molecule has 1 aromatic carbocycles. The van der Waals surface area contributed by atoms with Crippen molar-refractivity contribution in [2.75, 3.05) is 6.61 Å². The molecule has 160 valence electrons. The zero-order valence-corrected chi connectivity index (χ0v) is 19.7. The second-order valence-electron chi connectivity index (χ2n) is 8.73. The molecule has 1 rings (SSSR count). The zero-order valence-electron chi connectivity index (χ0n) is 18.8. The van der Waals surface area contributed by atoms with Crippen molar-refractivity contribution >= 4 is 10.0 Å². The minimum absolute atomic E-state index is 0.0631. The molecule has 0 heterocycles. The molecule has 0 radical (unpaired) electrons. The van der Waals surface area contributed by atoms with Crippen LogP contribution in [0, 0.1) is 5.92 Å². The second-order valence-corrected chi connectivity index (χ2v) is 10.4. The molecule has 2 unspecified atom stereocenters. The van der Waals surface area contributed by atoms with Gasteiger partial charge in [-0.2, -0.15) is 0 Å². The molecule has 4 nitrogen and oxygen atoms in total. The first-order valence-corrected chi connectivity index (χ1v) is 11.8. The van der Waals surface area contributed by atoms with Crippen LogP contribution >= 0.6 is 0 Å². The highest BCUT2D eigenvalue weighted by molar-refractivity contribution is 7.89. The van der Waals surface area contributed by atoms with E-state index in [1.807, 2.05) is 53.7 Å². The molecule has 0 aromatic heterocycles. The van der Waals surface area contributed by atoms with E-state index in [1.54, 1.807) is 0 Å². The van der Waals surface area contributed by atoms with Crippen molar-refractivity contribution in [1.29, 1.82) is 0 Å². The first kappa shape index (κ1) is 24.9. The van der Waals surface area contributed by atoms with Crippen molar-refractivity contribution < 1.29 is 13.5 Å². The smallest absolute Gasteiger partial charge is 0.241 e. The van der Waals surface area contributed by atoms with Gasteiger partial charge in [0.15, 0.2) is 0 Å². The largest absolute Gasteiger partial charge is 0.394 e. The number of hydrogen-bond donors (Lipinski definition) is 2. The van der Waals surface area contributed by atoms with Gasteiger partial charge in [0.05, 0.1) is 17.5 Å². The Balaban J connectivity index is 3.60. The van der Waals surface area contributed by atoms with Gasteiger partial charge in [0.2, 0.25) is 10.0 Å². The molecule has 0 saturated carbocycles. The monoisotopic (exact) mass is 409 g/mol. The Morgan fingerprint density at radius 2 is 1.46 bits per heavy atom. The summed E-state index contributed by atoms with van der Waals surface area (Å²) < 4.78 is 29.7. The number of aliphatic hydroxyl groups excluding tert-OH is 1. The van der Waals surface area contributed by atoms with Crippen molar-refractivity contribution in [2.24, 2.45) is 5.92 Å². The molecule has 0 aliphatic rings. The van der Waals surface area contributed by atoms with Crippen LogP contribution < -0.4 is 4.72 Å². The molecule has 0 aliphatic heterocycles. The van der Waals surface area contributed by atoms with Crippen LogP contribution in [0.3, 0.4) is 0 Å². The van der Waals surface area contributed by atoms with E-state index < -0.39 is 16.1 Å². The lowest BCUT2D eigenvalue weighted by atomic mass is 9.89. The third kappa shape index (κ3) is 5.68. The van der Waals surface area contributed by atoms with Gasteiger partial charge in [0, 0.05) is 0 Å². The van der Waals surface area contributed by atoms with Gasteiger partial charge in [-0.25, -0.2) is 13.1 Å². The highest BCUT2D eigenvalue weighted by atomic mass is 32.2. The summed E-state index contributed by atoms with van der Waals surface area (Å²) in [6, 6.07) is 3.35. The van der Waals surface area contributed by atoms with Crippen LogP contribution in [0.2, 0.25) is 0 Å². The van der Waals surface area contributed by atoms with E-state index in [2.05, 4.69) is 25.1 Å². The fourth-order valence-electron chi connectivity index (χ4n) is 3.28. The Kier molecular flexibility index (Phi) is 8.92. The summed E-state index contributed by atoms with van der Waals surface area (Å²) in [7, 11) is -3.82. The Hall–Kier alpha value is -1.17. The average Bonchev–Trinajstić information content (AvgIpc) is 2.63. The number of aliphatic hydroxyl groups is 1. The normalized spacial score (nSPS) is 14.7. The Labute approximate surface area is 172 Å². The van der Waals surface area contributed by atoms with Gasteiger partial charge in [0.1, 0.15) is 0 Å². The molecule has 0 aliphatic carbocycles. The third-order valence-corrected chi connectivity index (χ3v) is 7.12. The summed E-state index contributed by atoms with van der Waals surface area (Å²) in [5.74, 6) is 0.564. The van der Waals surface area contributed by atoms with E-state index >= 15 is 0 Å². The van der Waals surface area contributed by atoms with Crippen molar-refractivity contribution in [3.8, 4) is 0 Å². The highest BCUT2D eigenvalue weighted by Gasteiger charge is 2.30. The second kappa shape index (κ2) is 10.0. The predicted molar refractivity (Wildman–Crippen MR) is 118 cm³/mol. The standard InChI is InChI=1S/C23H39NO3S/c1-10-17(8)18(9)22(13-25)24-28(26,27)23-20(15(4)5)11-19(14(2)3)12-21(23)16(6)7/h11-12,14-17,22,24-25H,9-10,13H2,1-8H3. The maximum absolute atomic E-state index is 13.5. The minimum atomic E-state index is -3.82. The quantitative estimate of drug-likeness (QED) is 0.515. The lowest BCUT2D eigenvalue weighted by Crippen LogP contribution is -2.40. The number of nitrogens with one attached hydrogen (secondary N) is 1. The Morgan fingerprint density at radius 1 is 1.00 bits per heavy atom. The third-order valence-electron chi connectivity index (χ3n) is 5.52. The van der Waals surface area contributed by atoms with Gasteiger partial charge in [-0.15, -0.1) is 0 Å². The first-order valence-electron chi connectivity index (χ1n) is 10.4. The van der Waals surface area contributed by atoms with Gasteiger partial charge >= 0.3 is 0 Å². The molecule has 28 heavy (non-hydrogen) atoms. The number of sulfonamides is 1. The maximum Gasteiger partial charge on any atom is 0.241 e. The number of hydrogen-bond acceptors (Lipinski definition) is 3. The summed E-state index contributed by atoms with van der Waals surface area (Å²) in [6.45, 7) is 20.1. The van der Waals surface area contributed by atoms with Crippen LogP contribution in [0.4, 0.5) is 0 Å². The molecule has 2 atom stereocenters. The van der Waals surface area contributed by atoms with Crippen LogP contribution in [0.5, 0.6) is 0 Å². The SMILES string of the molecule is C=C(C(C)CC)C(CO)NS(=O)(=O)c1c(C(C)C)cc(C(C)C)cc1C(C)C. The number of benzene rings is 1. The van der Waals surface area contributed by atoms with E-state index in [0.717, 1.165) is 23.1 Å². The fourth-order valence-corrected chi connectivity index (χ4v) is 5.21. The lowest BCUT2D eigenvalue weighted by molar-refractivity contribution is 0.265. The van der Waals surface area contributed by atoms with Crippen LogP contribution in [0.1, 0.15) is 96.3 Å². The van der Waals surface area contributed by atoms with Crippen molar-refractivity contribution in [1.82, 2.24) is 4.72 Å². The van der Waals surface area contributed by atoms with Gasteiger partial charge < -0.3 is 5.11 Å². The molecule has 0 saturated heterocycles. The molecule has 0 amide bonds. The minimum Gasteiger partial charge on any atom is -0.394 e. The van der Waals surface area contributed by atoms with E-state index in [-0.39, 0.29) is 24.4 Å². The van der Waals surface area contributed by atoms with E-state index in [1.165, 1.54) is 0 Å². The molecular weight excluding hydrogens is 370 g/mol. The molecule has 2 N–H and O–H groups in total. The molecular formula is C23H39NO3S. The molecule has 0 fully saturated rings. The summed E-state index contributed by atoms with van der Waals surface area (Å²) >= 11 is 0.